The monoisotopic (exact) mass is 353 g/mol. The SMILES string of the molecule is O=C(O)Cn1nccc1[C@H]1CCCN(c2noc(-c3ccccc3)n2)C1. The van der Waals surface area contributed by atoms with Gasteiger partial charge in [-0.3, -0.25) is 9.48 Å². The van der Waals surface area contributed by atoms with Crippen LogP contribution in [-0.2, 0) is 11.3 Å². The van der Waals surface area contributed by atoms with E-state index in [1.54, 1.807) is 10.9 Å². The predicted molar refractivity (Wildman–Crippen MR) is 93.8 cm³/mol. The van der Waals surface area contributed by atoms with Gasteiger partial charge >= 0.3 is 5.97 Å². The maximum absolute atomic E-state index is 11.0. The van der Waals surface area contributed by atoms with Gasteiger partial charge in [-0.05, 0) is 36.2 Å². The van der Waals surface area contributed by atoms with Crippen LogP contribution in [0.15, 0.2) is 47.1 Å². The molecule has 0 aliphatic carbocycles. The van der Waals surface area contributed by atoms with Crippen molar-refractivity contribution in [1.29, 1.82) is 0 Å². The summed E-state index contributed by atoms with van der Waals surface area (Å²) in [5.74, 6) is 0.356. The van der Waals surface area contributed by atoms with Gasteiger partial charge in [0, 0.05) is 36.5 Å². The Hall–Kier alpha value is -3.16. The van der Waals surface area contributed by atoms with Gasteiger partial charge in [0.15, 0.2) is 0 Å². The van der Waals surface area contributed by atoms with Gasteiger partial charge in [0.05, 0.1) is 0 Å². The number of benzene rings is 1. The second-order valence-corrected chi connectivity index (χ2v) is 6.36. The summed E-state index contributed by atoms with van der Waals surface area (Å²) in [7, 11) is 0. The van der Waals surface area contributed by atoms with E-state index in [0.717, 1.165) is 30.6 Å². The second-order valence-electron chi connectivity index (χ2n) is 6.36. The maximum Gasteiger partial charge on any atom is 0.325 e. The topological polar surface area (TPSA) is 97.3 Å². The van der Waals surface area contributed by atoms with Gasteiger partial charge in [0.25, 0.3) is 11.8 Å². The number of nitrogens with zero attached hydrogens (tertiary/aromatic N) is 5. The number of piperidine rings is 1. The first-order valence-electron chi connectivity index (χ1n) is 8.58. The molecule has 1 saturated heterocycles. The van der Waals surface area contributed by atoms with Crippen LogP contribution in [0, 0.1) is 0 Å². The Labute approximate surface area is 150 Å². The molecular formula is C18H19N5O3. The zero-order chi connectivity index (χ0) is 17.9. The molecular weight excluding hydrogens is 334 g/mol. The van der Waals surface area contributed by atoms with Crippen molar-refractivity contribution in [3.8, 4) is 11.5 Å². The highest BCUT2D eigenvalue weighted by molar-refractivity contribution is 5.66. The Balaban J connectivity index is 1.52. The lowest BCUT2D eigenvalue weighted by atomic mass is 9.95. The van der Waals surface area contributed by atoms with Crippen LogP contribution in [-0.4, -0.2) is 44.1 Å². The Bertz CT molecular complexity index is 889. The van der Waals surface area contributed by atoms with Crippen LogP contribution in [0.4, 0.5) is 5.95 Å². The van der Waals surface area contributed by atoms with Gasteiger partial charge in [0.2, 0.25) is 0 Å². The van der Waals surface area contributed by atoms with E-state index in [0.29, 0.717) is 18.4 Å². The van der Waals surface area contributed by atoms with Crippen LogP contribution in [0.5, 0.6) is 0 Å². The molecule has 0 bridgehead atoms. The van der Waals surface area contributed by atoms with E-state index in [-0.39, 0.29) is 12.5 Å². The number of anilines is 1. The van der Waals surface area contributed by atoms with Crippen molar-refractivity contribution < 1.29 is 14.4 Å². The number of aliphatic carboxylic acids is 1. The highest BCUT2D eigenvalue weighted by atomic mass is 16.5. The van der Waals surface area contributed by atoms with E-state index in [4.69, 9.17) is 9.63 Å². The number of aromatic nitrogens is 4. The smallest absolute Gasteiger partial charge is 0.325 e. The molecule has 1 aliphatic rings. The van der Waals surface area contributed by atoms with Crippen LogP contribution >= 0.6 is 0 Å². The van der Waals surface area contributed by atoms with E-state index in [1.807, 2.05) is 36.4 Å². The molecule has 0 radical (unpaired) electrons. The fourth-order valence-electron chi connectivity index (χ4n) is 3.39. The van der Waals surface area contributed by atoms with E-state index >= 15 is 0 Å². The average Bonchev–Trinajstić information content (AvgIpc) is 3.32. The minimum atomic E-state index is -0.895. The third-order valence-corrected chi connectivity index (χ3v) is 4.59. The minimum absolute atomic E-state index is 0.126. The van der Waals surface area contributed by atoms with E-state index in [2.05, 4.69) is 20.1 Å². The molecule has 2 aromatic heterocycles. The summed E-state index contributed by atoms with van der Waals surface area (Å²) in [6, 6.07) is 11.6. The fourth-order valence-corrected chi connectivity index (χ4v) is 3.39. The van der Waals surface area contributed by atoms with Crippen LogP contribution in [0.1, 0.15) is 24.5 Å². The molecule has 3 heterocycles. The molecule has 1 atom stereocenters. The van der Waals surface area contributed by atoms with Gasteiger partial charge in [-0.1, -0.05) is 18.2 Å². The number of hydrogen-bond donors (Lipinski definition) is 1. The summed E-state index contributed by atoms with van der Waals surface area (Å²) < 4.78 is 6.97. The summed E-state index contributed by atoms with van der Waals surface area (Å²) in [6.45, 7) is 1.43. The zero-order valence-electron chi connectivity index (χ0n) is 14.2. The number of carbonyl (C=O) groups is 1. The fraction of sp³-hybridized carbons (Fsp3) is 0.333. The Morgan fingerprint density at radius 1 is 1.27 bits per heavy atom. The van der Waals surface area contributed by atoms with Gasteiger partial charge in [-0.2, -0.15) is 10.1 Å². The first kappa shape index (κ1) is 16.3. The third-order valence-electron chi connectivity index (χ3n) is 4.59. The van der Waals surface area contributed by atoms with Crippen molar-refractivity contribution in [1.82, 2.24) is 19.9 Å². The van der Waals surface area contributed by atoms with Crippen molar-refractivity contribution in [3.05, 3.63) is 48.3 Å². The van der Waals surface area contributed by atoms with Crippen LogP contribution in [0.3, 0.4) is 0 Å². The first-order chi connectivity index (χ1) is 12.7. The van der Waals surface area contributed by atoms with Crippen LogP contribution in [0.25, 0.3) is 11.5 Å². The van der Waals surface area contributed by atoms with Crippen molar-refractivity contribution >= 4 is 11.9 Å². The molecule has 0 saturated carbocycles. The van der Waals surface area contributed by atoms with Crippen LogP contribution in [0.2, 0.25) is 0 Å². The van der Waals surface area contributed by atoms with Crippen molar-refractivity contribution in [2.75, 3.05) is 18.0 Å². The van der Waals surface area contributed by atoms with E-state index in [1.165, 1.54) is 0 Å². The van der Waals surface area contributed by atoms with E-state index < -0.39 is 5.97 Å². The Morgan fingerprint density at radius 2 is 2.12 bits per heavy atom. The van der Waals surface area contributed by atoms with Crippen LogP contribution < -0.4 is 4.90 Å². The third kappa shape index (κ3) is 3.30. The summed E-state index contributed by atoms with van der Waals surface area (Å²) in [5, 5.41) is 17.3. The molecule has 134 valence electrons. The molecule has 1 aromatic carbocycles. The highest BCUT2D eigenvalue weighted by Gasteiger charge is 2.27. The molecule has 4 rings (SSSR count). The van der Waals surface area contributed by atoms with Gasteiger partial charge < -0.3 is 14.5 Å². The molecule has 0 spiro atoms. The Morgan fingerprint density at radius 3 is 2.92 bits per heavy atom. The van der Waals surface area contributed by atoms with Crippen molar-refractivity contribution in [2.24, 2.45) is 0 Å². The zero-order valence-corrected chi connectivity index (χ0v) is 14.2. The highest BCUT2D eigenvalue weighted by Crippen LogP contribution is 2.29. The minimum Gasteiger partial charge on any atom is -0.480 e. The number of hydrogen-bond acceptors (Lipinski definition) is 6. The molecule has 8 heteroatoms. The van der Waals surface area contributed by atoms with Crippen molar-refractivity contribution in [3.63, 3.8) is 0 Å². The molecule has 1 N–H and O–H groups in total. The standard InChI is InChI=1S/C18H19N5O3/c24-16(25)12-23-15(8-9-19-23)14-7-4-10-22(11-14)18-20-17(26-21-18)13-5-2-1-3-6-13/h1-3,5-6,8-9,14H,4,7,10-12H2,(H,24,25)/t14-/m0/s1. The van der Waals surface area contributed by atoms with Crippen molar-refractivity contribution in [2.45, 2.75) is 25.3 Å². The lowest BCUT2D eigenvalue weighted by molar-refractivity contribution is -0.137. The summed E-state index contributed by atoms with van der Waals surface area (Å²) in [5.41, 5.74) is 1.82. The van der Waals surface area contributed by atoms with E-state index in [9.17, 15) is 4.79 Å². The normalized spacial score (nSPS) is 17.4. The van der Waals surface area contributed by atoms with Gasteiger partial charge in [-0.25, -0.2) is 0 Å². The lowest BCUT2D eigenvalue weighted by Gasteiger charge is -2.31. The number of carboxylic acid groups (broad SMARTS) is 1. The first-order valence-corrected chi connectivity index (χ1v) is 8.58. The second kappa shape index (κ2) is 6.99. The molecule has 0 unspecified atom stereocenters. The molecule has 0 amide bonds. The maximum atomic E-state index is 11.0. The molecule has 8 nitrogen and oxygen atoms in total. The summed E-state index contributed by atoms with van der Waals surface area (Å²) in [4.78, 5) is 17.6. The average molecular weight is 353 g/mol. The lowest BCUT2D eigenvalue weighted by Crippen LogP contribution is -2.36. The molecule has 1 fully saturated rings. The number of carboxylic acids is 1. The van der Waals surface area contributed by atoms with Gasteiger partial charge in [0.1, 0.15) is 6.54 Å². The largest absolute Gasteiger partial charge is 0.480 e. The quantitative estimate of drug-likeness (QED) is 0.752. The molecule has 3 aromatic rings. The predicted octanol–water partition coefficient (Wildman–Crippen LogP) is 2.40. The molecule has 1 aliphatic heterocycles. The summed E-state index contributed by atoms with van der Waals surface area (Å²) >= 11 is 0. The van der Waals surface area contributed by atoms with Gasteiger partial charge in [-0.15, -0.1) is 0 Å². The molecule has 26 heavy (non-hydrogen) atoms. The number of rotatable bonds is 5. The summed E-state index contributed by atoms with van der Waals surface area (Å²) in [6.07, 6.45) is 3.60. The Kier molecular flexibility index (Phi) is 4.39.